The Morgan fingerprint density at radius 1 is 0.468 bits per heavy atom. The van der Waals surface area contributed by atoms with Crippen molar-refractivity contribution in [1.29, 1.82) is 0 Å². The highest BCUT2D eigenvalue weighted by Crippen LogP contribution is 2.41. The van der Waals surface area contributed by atoms with Crippen LogP contribution in [0.1, 0.15) is 11.1 Å². The van der Waals surface area contributed by atoms with Crippen molar-refractivity contribution in [2.75, 3.05) is 4.90 Å². The Morgan fingerprint density at radius 3 is 1.91 bits per heavy atom. The molecule has 2 aromatic heterocycles. The Bertz CT molecular complexity index is 2590. The number of hydrogen-bond donors (Lipinski definition) is 0. The first-order valence-corrected chi connectivity index (χ1v) is 16.1. The monoisotopic (exact) mass is 604 g/mol. The van der Waals surface area contributed by atoms with Gasteiger partial charge in [0, 0.05) is 44.3 Å². The van der Waals surface area contributed by atoms with E-state index in [-0.39, 0.29) is 0 Å². The van der Waals surface area contributed by atoms with Crippen LogP contribution in [0.25, 0.3) is 60.6 Å². The first-order valence-electron chi connectivity index (χ1n) is 16.1. The second-order valence-corrected chi connectivity index (χ2v) is 12.4. The summed E-state index contributed by atoms with van der Waals surface area (Å²) >= 11 is 0. The first kappa shape index (κ1) is 27.3. The number of para-hydroxylation sites is 2. The number of nitrogens with zero attached hydrogens (tertiary/aromatic N) is 2. The second kappa shape index (κ2) is 10.8. The number of rotatable bonds is 5. The maximum absolute atomic E-state index is 6.18. The molecular weight excluding hydrogens is 572 g/mol. The summed E-state index contributed by atoms with van der Waals surface area (Å²) in [5.74, 6) is 0. The molecule has 0 N–H and O–H groups in total. The van der Waals surface area contributed by atoms with Gasteiger partial charge in [0.05, 0.1) is 11.0 Å². The van der Waals surface area contributed by atoms with E-state index in [1.165, 1.54) is 38.5 Å². The van der Waals surface area contributed by atoms with Crippen LogP contribution in [0.15, 0.2) is 162 Å². The summed E-state index contributed by atoms with van der Waals surface area (Å²) < 4.78 is 8.58. The van der Waals surface area contributed by atoms with Crippen molar-refractivity contribution < 1.29 is 4.42 Å². The summed E-state index contributed by atoms with van der Waals surface area (Å²) in [6.07, 6.45) is 0. The van der Waals surface area contributed by atoms with Crippen LogP contribution in [0.4, 0.5) is 17.1 Å². The fraction of sp³-hybridized carbons (Fsp3) is 0.0455. The zero-order valence-corrected chi connectivity index (χ0v) is 26.3. The maximum atomic E-state index is 6.18. The molecule has 2 heterocycles. The summed E-state index contributed by atoms with van der Waals surface area (Å²) in [7, 11) is 0. The van der Waals surface area contributed by atoms with Crippen molar-refractivity contribution in [2.24, 2.45) is 0 Å². The van der Waals surface area contributed by atoms with Gasteiger partial charge in [-0.2, -0.15) is 0 Å². The van der Waals surface area contributed by atoms with Gasteiger partial charge >= 0.3 is 0 Å². The van der Waals surface area contributed by atoms with E-state index in [1.54, 1.807) is 0 Å². The zero-order chi connectivity index (χ0) is 31.5. The van der Waals surface area contributed by atoms with Gasteiger partial charge in [0.1, 0.15) is 11.2 Å². The lowest BCUT2D eigenvalue weighted by atomic mass is 10.0. The van der Waals surface area contributed by atoms with E-state index in [9.17, 15) is 0 Å². The lowest BCUT2D eigenvalue weighted by molar-refractivity contribution is 0.669. The molecule has 0 aliphatic heterocycles. The molecule has 0 spiro atoms. The summed E-state index contributed by atoms with van der Waals surface area (Å²) in [4.78, 5) is 2.36. The van der Waals surface area contributed by atoms with Crippen LogP contribution in [0.3, 0.4) is 0 Å². The molecule has 224 valence electrons. The van der Waals surface area contributed by atoms with Crippen LogP contribution in [0.2, 0.25) is 0 Å². The third kappa shape index (κ3) is 4.51. The summed E-state index contributed by atoms with van der Waals surface area (Å²) in [6.45, 7) is 4.30. The third-order valence-corrected chi connectivity index (χ3v) is 9.41. The minimum atomic E-state index is 0.899. The largest absolute Gasteiger partial charge is 0.456 e. The molecule has 0 bridgehead atoms. The lowest BCUT2D eigenvalue weighted by Gasteiger charge is -2.26. The van der Waals surface area contributed by atoms with Crippen molar-refractivity contribution in [3.63, 3.8) is 0 Å². The fourth-order valence-electron chi connectivity index (χ4n) is 7.06. The second-order valence-electron chi connectivity index (χ2n) is 12.4. The van der Waals surface area contributed by atoms with Gasteiger partial charge in [-0.1, -0.05) is 96.6 Å². The van der Waals surface area contributed by atoms with Crippen LogP contribution in [0.5, 0.6) is 0 Å². The maximum Gasteiger partial charge on any atom is 0.135 e. The fourth-order valence-corrected chi connectivity index (χ4v) is 7.06. The number of aromatic nitrogens is 1. The number of hydrogen-bond acceptors (Lipinski definition) is 2. The third-order valence-electron chi connectivity index (χ3n) is 9.41. The smallest absolute Gasteiger partial charge is 0.135 e. The number of anilines is 3. The van der Waals surface area contributed by atoms with E-state index >= 15 is 0 Å². The molecule has 3 heteroatoms. The van der Waals surface area contributed by atoms with Crippen molar-refractivity contribution in [3.8, 4) is 16.8 Å². The molecule has 0 unspecified atom stereocenters. The predicted molar refractivity (Wildman–Crippen MR) is 198 cm³/mol. The zero-order valence-electron chi connectivity index (χ0n) is 26.3. The SMILES string of the molecule is Cc1ccc(N(c2ccc(-c3ccccc3C)cc2)c2ccc3c4ccccc4n(-c4ccc5oc6ccccc6c5c4)c3c2)cc1. The summed E-state index contributed by atoms with van der Waals surface area (Å²) in [6, 6.07) is 56.7. The number of aryl methyl sites for hydroxylation is 2. The van der Waals surface area contributed by atoms with Gasteiger partial charge in [0.2, 0.25) is 0 Å². The van der Waals surface area contributed by atoms with E-state index in [2.05, 4.69) is 169 Å². The number of fused-ring (bicyclic) bond motifs is 6. The minimum Gasteiger partial charge on any atom is -0.456 e. The molecule has 3 nitrogen and oxygen atoms in total. The Morgan fingerprint density at radius 2 is 1.11 bits per heavy atom. The number of furan rings is 1. The van der Waals surface area contributed by atoms with Gasteiger partial charge in [-0.05, 0) is 97.3 Å². The van der Waals surface area contributed by atoms with Gasteiger partial charge < -0.3 is 13.9 Å². The predicted octanol–water partition coefficient (Wildman–Crippen LogP) is 12.4. The molecule has 47 heavy (non-hydrogen) atoms. The van der Waals surface area contributed by atoms with E-state index in [1.807, 2.05) is 12.1 Å². The van der Waals surface area contributed by atoms with Gasteiger partial charge in [-0.25, -0.2) is 0 Å². The Hall–Kier alpha value is -6.06. The van der Waals surface area contributed by atoms with E-state index < -0.39 is 0 Å². The molecule has 0 saturated carbocycles. The van der Waals surface area contributed by atoms with E-state index in [0.717, 1.165) is 50.2 Å². The van der Waals surface area contributed by atoms with Crippen LogP contribution in [0, 0.1) is 13.8 Å². The molecule has 7 aromatic carbocycles. The lowest BCUT2D eigenvalue weighted by Crippen LogP contribution is -2.10. The number of benzene rings is 7. The van der Waals surface area contributed by atoms with Crippen molar-refractivity contribution >= 4 is 60.8 Å². The molecule has 0 amide bonds. The van der Waals surface area contributed by atoms with Crippen LogP contribution in [-0.2, 0) is 0 Å². The minimum absolute atomic E-state index is 0.899. The molecule has 0 aliphatic carbocycles. The molecule has 0 saturated heterocycles. The average Bonchev–Trinajstić information content (AvgIpc) is 3.65. The average molecular weight is 605 g/mol. The normalized spacial score (nSPS) is 11.6. The molecule has 9 aromatic rings. The van der Waals surface area contributed by atoms with E-state index in [4.69, 9.17) is 4.42 Å². The van der Waals surface area contributed by atoms with Crippen molar-refractivity contribution in [2.45, 2.75) is 13.8 Å². The van der Waals surface area contributed by atoms with Gasteiger partial charge in [0.15, 0.2) is 0 Å². The standard InChI is InChI=1S/C44H32N2O/c1-29-15-19-32(20-16-29)45(33-21-17-31(18-22-33)36-10-4-3-9-30(36)2)35-23-25-38-37-11-5-7-13-41(37)46(42(38)28-35)34-24-26-44-40(27-34)39-12-6-8-14-43(39)47-44/h3-28H,1-2H3. The van der Waals surface area contributed by atoms with E-state index in [0.29, 0.717) is 0 Å². The topological polar surface area (TPSA) is 21.3 Å². The van der Waals surface area contributed by atoms with Gasteiger partial charge in [-0.3, -0.25) is 0 Å². The molecule has 0 aliphatic rings. The Kier molecular flexibility index (Phi) is 6.26. The van der Waals surface area contributed by atoms with Crippen LogP contribution < -0.4 is 4.90 Å². The van der Waals surface area contributed by atoms with Crippen molar-refractivity contribution in [3.05, 3.63) is 169 Å². The summed E-state index contributed by atoms with van der Waals surface area (Å²) in [5, 5.41) is 4.71. The quantitative estimate of drug-likeness (QED) is 0.195. The molecule has 0 atom stereocenters. The first-order chi connectivity index (χ1) is 23.1. The highest BCUT2D eigenvalue weighted by molar-refractivity contribution is 6.11. The molecular formula is C44H32N2O. The Labute approximate surface area is 273 Å². The van der Waals surface area contributed by atoms with Gasteiger partial charge in [-0.15, -0.1) is 0 Å². The highest BCUT2D eigenvalue weighted by atomic mass is 16.3. The Balaban J connectivity index is 1.25. The van der Waals surface area contributed by atoms with Crippen molar-refractivity contribution in [1.82, 2.24) is 4.57 Å². The highest BCUT2D eigenvalue weighted by Gasteiger charge is 2.18. The molecule has 0 radical (unpaired) electrons. The molecule has 9 rings (SSSR count). The summed E-state index contributed by atoms with van der Waals surface area (Å²) in [5.41, 5.74) is 13.6. The molecule has 0 fully saturated rings. The van der Waals surface area contributed by atoms with Crippen LogP contribution in [-0.4, -0.2) is 4.57 Å². The van der Waals surface area contributed by atoms with Crippen LogP contribution >= 0.6 is 0 Å². The van der Waals surface area contributed by atoms with Gasteiger partial charge in [0.25, 0.3) is 0 Å².